The highest BCUT2D eigenvalue weighted by Crippen LogP contribution is 2.27. The van der Waals surface area contributed by atoms with Gasteiger partial charge in [0.1, 0.15) is 0 Å². The van der Waals surface area contributed by atoms with Crippen LogP contribution in [-0.2, 0) is 0 Å². The molecule has 1 aromatic heterocycles. The molecular weight excluding hydrogens is 285 g/mol. The van der Waals surface area contributed by atoms with Crippen molar-refractivity contribution in [2.75, 3.05) is 0 Å². The first-order valence-electron chi connectivity index (χ1n) is 3.95. The third-order valence-electron chi connectivity index (χ3n) is 1.85. The van der Waals surface area contributed by atoms with Crippen molar-refractivity contribution in [2.24, 2.45) is 0 Å². The first kappa shape index (κ1) is 10.3. The number of hydrogen-bond acceptors (Lipinski definition) is 2. The quantitative estimate of drug-likeness (QED) is 0.830. The van der Waals surface area contributed by atoms with E-state index in [1.807, 2.05) is 0 Å². The van der Waals surface area contributed by atoms with Crippen LogP contribution in [0.2, 0.25) is 5.02 Å². The molecule has 1 aromatic carbocycles. The van der Waals surface area contributed by atoms with E-state index in [0.29, 0.717) is 15.2 Å². The molecule has 2 aromatic rings. The molecule has 2 rings (SSSR count). The van der Waals surface area contributed by atoms with Crippen molar-refractivity contribution in [3.05, 3.63) is 48.7 Å². The summed E-state index contributed by atoms with van der Waals surface area (Å²) in [5, 5.41) is 4.81. The van der Waals surface area contributed by atoms with E-state index in [0.717, 1.165) is 4.57 Å². The van der Waals surface area contributed by atoms with E-state index in [1.54, 1.807) is 18.2 Å². The molecule has 0 unspecified atom stereocenters. The smallest absolute Gasteiger partial charge is 0.247 e. The van der Waals surface area contributed by atoms with Gasteiger partial charge in [-0.15, -0.1) is 0 Å². The summed E-state index contributed by atoms with van der Waals surface area (Å²) in [6, 6.07) is 4.92. The van der Waals surface area contributed by atoms with Crippen LogP contribution in [0, 0.1) is 0 Å². The minimum absolute atomic E-state index is 0.398. The minimum Gasteiger partial charge on any atom is -0.247 e. The molecule has 0 aliphatic carbocycles. The van der Waals surface area contributed by atoms with Gasteiger partial charge in [0.05, 0.1) is 15.2 Å². The van der Waals surface area contributed by atoms with Crippen LogP contribution in [-0.4, -0.2) is 14.8 Å². The summed E-state index contributed by atoms with van der Waals surface area (Å²) in [5.74, 6) is 0. The summed E-state index contributed by atoms with van der Waals surface area (Å²) in [7, 11) is 0. The fourth-order valence-electron chi connectivity index (χ4n) is 1.19. The van der Waals surface area contributed by atoms with Crippen molar-refractivity contribution < 1.29 is 0 Å². The van der Waals surface area contributed by atoms with Gasteiger partial charge in [0.15, 0.2) is 0 Å². The maximum atomic E-state index is 11.3. The first-order chi connectivity index (χ1) is 7.11. The molecular formula is C8H5BrClN3O2. The number of halogens is 2. The standard InChI is InChI=1S/C8H5BrClN3O2/c9-6-4(10)2-1-3-5(6)13-7(14)11-12-8(13)15/h1-3H,(H,11,14)(H,12,15). The van der Waals surface area contributed by atoms with Crippen molar-refractivity contribution in [2.45, 2.75) is 0 Å². The summed E-state index contributed by atoms with van der Waals surface area (Å²) in [6.07, 6.45) is 0. The topological polar surface area (TPSA) is 70.7 Å². The third-order valence-corrected chi connectivity index (χ3v) is 3.23. The van der Waals surface area contributed by atoms with Gasteiger partial charge in [-0.25, -0.2) is 24.4 Å². The third kappa shape index (κ3) is 1.66. The van der Waals surface area contributed by atoms with Crippen molar-refractivity contribution in [1.82, 2.24) is 14.8 Å². The van der Waals surface area contributed by atoms with Crippen LogP contribution in [0.1, 0.15) is 0 Å². The molecule has 0 saturated carbocycles. The molecule has 0 amide bonds. The normalized spacial score (nSPS) is 10.5. The van der Waals surface area contributed by atoms with E-state index in [9.17, 15) is 9.59 Å². The molecule has 0 aliphatic heterocycles. The van der Waals surface area contributed by atoms with Crippen LogP contribution in [0.15, 0.2) is 32.3 Å². The second-order valence-corrected chi connectivity index (χ2v) is 3.97. The van der Waals surface area contributed by atoms with Crippen LogP contribution in [0.3, 0.4) is 0 Å². The molecule has 0 spiro atoms. The van der Waals surface area contributed by atoms with Crippen LogP contribution in [0.25, 0.3) is 5.69 Å². The SMILES string of the molecule is O=c1[nH][nH]c(=O)n1-c1cccc(Cl)c1Br. The van der Waals surface area contributed by atoms with Crippen molar-refractivity contribution in [3.8, 4) is 5.69 Å². The maximum Gasteiger partial charge on any atom is 0.349 e. The predicted octanol–water partition coefficient (Wildman–Crippen LogP) is 1.27. The number of nitrogens with one attached hydrogen (secondary N) is 2. The monoisotopic (exact) mass is 289 g/mol. The average Bonchev–Trinajstić information content (AvgIpc) is 2.52. The highest BCUT2D eigenvalue weighted by molar-refractivity contribution is 9.10. The van der Waals surface area contributed by atoms with Crippen LogP contribution in [0.5, 0.6) is 0 Å². The zero-order chi connectivity index (χ0) is 11.0. The molecule has 15 heavy (non-hydrogen) atoms. The number of nitrogens with zero attached hydrogens (tertiary/aromatic N) is 1. The number of aromatic amines is 2. The van der Waals surface area contributed by atoms with Crippen LogP contribution < -0.4 is 11.4 Å². The van der Waals surface area contributed by atoms with Crippen LogP contribution in [0.4, 0.5) is 0 Å². The van der Waals surface area contributed by atoms with Gasteiger partial charge in [0.25, 0.3) is 0 Å². The fraction of sp³-hybridized carbons (Fsp3) is 0. The zero-order valence-electron chi connectivity index (χ0n) is 7.25. The number of H-pyrrole nitrogens is 2. The van der Waals surface area contributed by atoms with Crippen molar-refractivity contribution >= 4 is 27.5 Å². The van der Waals surface area contributed by atoms with E-state index in [1.165, 1.54) is 0 Å². The Bertz CT molecular complexity index is 585. The summed E-state index contributed by atoms with van der Waals surface area (Å²) >= 11 is 9.06. The summed E-state index contributed by atoms with van der Waals surface area (Å²) in [5.41, 5.74) is -0.680. The lowest BCUT2D eigenvalue weighted by atomic mass is 10.3. The number of rotatable bonds is 1. The largest absolute Gasteiger partial charge is 0.349 e. The lowest BCUT2D eigenvalue weighted by Crippen LogP contribution is -2.24. The predicted molar refractivity (Wildman–Crippen MR) is 59.7 cm³/mol. The van der Waals surface area contributed by atoms with Gasteiger partial charge in [0.2, 0.25) is 0 Å². The molecule has 1 heterocycles. The second kappa shape index (κ2) is 3.71. The zero-order valence-corrected chi connectivity index (χ0v) is 9.59. The molecule has 78 valence electrons. The number of aromatic nitrogens is 3. The van der Waals surface area contributed by atoms with Gasteiger partial charge in [-0.1, -0.05) is 17.7 Å². The first-order valence-corrected chi connectivity index (χ1v) is 5.12. The Morgan fingerprint density at radius 1 is 1.20 bits per heavy atom. The van der Waals surface area contributed by atoms with E-state index in [2.05, 4.69) is 26.1 Å². The molecule has 0 saturated heterocycles. The molecule has 2 N–H and O–H groups in total. The Hall–Kier alpha value is -1.27. The Morgan fingerprint density at radius 2 is 1.80 bits per heavy atom. The molecule has 0 fully saturated rings. The van der Waals surface area contributed by atoms with Gasteiger partial charge >= 0.3 is 11.4 Å². The van der Waals surface area contributed by atoms with Gasteiger partial charge in [-0.3, -0.25) is 0 Å². The Kier molecular flexibility index (Phi) is 2.54. The molecule has 7 heteroatoms. The Labute approximate surface area is 96.8 Å². The van der Waals surface area contributed by atoms with E-state index >= 15 is 0 Å². The second-order valence-electron chi connectivity index (χ2n) is 2.77. The van der Waals surface area contributed by atoms with E-state index in [4.69, 9.17) is 11.6 Å². The van der Waals surface area contributed by atoms with E-state index in [-0.39, 0.29) is 0 Å². The Balaban J connectivity index is 2.81. The summed E-state index contributed by atoms with van der Waals surface area (Å²) < 4.78 is 1.45. The van der Waals surface area contributed by atoms with Crippen molar-refractivity contribution in [3.63, 3.8) is 0 Å². The van der Waals surface area contributed by atoms with Crippen molar-refractivity contribution in [1.29, 1.82) is 0 Å². The maximum absolute atomic E-state index is 11.3. The molecule has 0 bridgehead atoms. The highest BCUT2D eigenvalue weighted by Gasteiger charge is 2.10. The lowest BCUT2D eigenvalue weighted by Gasteiger charge is -2.03. The number of hydrogen-bond donors (Lipinski definition) is 2. The molecule has 5 nitrogen and oxygen atoms in total. The van der Waals surface area contributed by atoms with Crippen LogP contribution >= 0.6 is 27.5 Å². The summed E-state index contributed by atoms with van der Waals surface area (Å²) in [6.45, 7) is 0. The molecule has 0 radical (unpaired) electrons. The van der Waals surface area contributed by atoms with E-state index < -0.39 is 11.4 Å². The highest BCUT2D eigenvalue weighted by atomic mass is 79.9. The molecule has 0 atom stereocenters. The van der Waals surface area contributed by atoms with Gasteiger partial charge in [-0.2, -0.15) is 0 Å². The van der Waals surface area contributed by atoms with Gasteiger partial charge < -0.3 is 0 Å². The Morgan fingerprint density at radius 3 is 2.40 bits per heavy atom. The van der Waals surface area contributed by atoms with Gasteiger partial charge in [0, 0.05) is 0 Å². The van der Waals surface area contributed by atoms with Gasteiger partial charge in [-0.05, 0) is 28.1 Å². The minimum atomic E-state index is -0.539. The number of benzene rings is 1. The average molecular weight is 291 g/mol. The summed E-state index contributed by atoms with van der Waals surface area (Å²) in [4.78, 5) is 22.6. The fourth-order valence-corrected chi connectivity index (χ4v) is 1.81. The molecule has 0 aliphatic rings. The lowest BCUT2D eigenvalue weighted by molar-refractivity contribution is 0.946.